The van der Waals surface area contributed by atoms with E-state index in [1.54, 1.807) is 10.6 Å². The van der Waals surface area contributed by atoms with Crippen LogP contribution in [0.3, 0.4) is 0 Å². The Labute approximate surface area is 154 Å². The van der Waals surface area contributed by atoms with Crippen LogP contribution in [0.25, 0.3) is 5.65 Å². The van der Waals surface area contributed by atoms with Gasteiger partial charge in [0, 0.05) is 17.5 Å². The van der Waals surface area contributed by atoms with Crippen molar-refractivity contribution >= 4 is 11.6 Å². The van der Waals surface area contributed by atoms with Crippen LogP contribution < -0.4 is 0 Å². The van der Waals surface area contributed by atoms with Gasteiger partial charge in [-0.05, 0) is 55.4 Å². The molecule has 2 aromatic heterocycles. The van der Waals surface area contributed by atoms with E-state index in [0.717, 1.165) is 29.6 Å². The van der Waals surface area contributed by atoms with Crippen molar-refractivity contribution in [3.8, 4) is 0 Å². The van der Waals surface area contributed by atoms with Crippen molar-refractivity contribution in [3.05, 3.63) is 29.2 Å². The molecule has 2 aliphatic rings. The summed E-state index contributed by atoms with van der Waals surface area (Å²) in [7, 11) is 0. The van der Waals surface area contributed by atoms with Crippen molar-refractivity contribution in [3.63, 3.8) is 0 Å². The van der Waals surface area contributed by atoms with Crippen LogP contribution in [0.5, 0.6) is 0 Å². The van der Waals surface area contributed by atoms with Crippen molar-refractivity contribution < 1.29 is 9.90 Å². The maximum absolute atomic E-state index is 11.3. The summed E-state index contributed by atoms with van der Waals surface area (Å²) in [6.07, 6.45) is 10.7. The predicted molar refractivity (Wildman–Crippen MR) is 101 cm³/mol. The number of hydrogen-bond donors (Lipinski definition) is 1. The SMILES string of the molecule is CC(C)c1cc(CC2CCC3CCCCC3C2)nc2cc(C(=O)O)nn12. The van der Waals surface area contributed by atoms with Gasteiger partial charge in [0.25, 0.3) is 0 Å². The molecule has 1 N–H and O–H groups in total. The number of aromatic carboxylic acids is 1. The Hall–Kier alpha value is -1.91. The molecule has 2 fully saturated rings. The number of hydrogen-bond acceptors (Lipinski definition) is 3. The van der Waals surface area contributed by atoms with E-state index in [9.17, 15) is 9.90 Å². The Morgan fingerprint density at radius 1 is 1.19 bits per heavy atom. The quantitative estimate of drug-likeness (QED) is 0.863. The molecule has 2 aromatic rings. The fraction of sp³-hybridized carbons (Fsp3) is 0.667. The highest BCUT2D eigenvalue weighted by atomic mass is 16.4. The second kappa shape index (κ2) is 7.01. The highest BCUT2D eigenvalue weighted by molar-refractivity contribution is 5.86. The Morgan fingerprint density at radius 2 is 1.96 bits per heavy atom. The number of carbonyl (C=O) groups is 1. The van der Waals surface area contributed by atoms with Gasteiger partial charge in [-0.25, -0.2) is 14.3 Å². The van der Waals surface area contributed by atoms with Crippen LogP contribution in [0.2, 0.25) is 0 Å². The average Bonchev–Trinajstić information content (AvgIpc) is 3.05. The molecule has 0 aromatic carbocycles. The summed E-state index contributed by atoms with van der Waals surface area (Å²) >= 11 is 0. The van der Waals surface area contributed by atoms with Crippen molar-refractivity contribution in [2.24, 2.45) is 17.8 Å². The molecule has 0 radical (unpaired) electrons. The van der Waals surface area contributed by atoms with Gasteiger partial charge in [-0.15, -0.1) is 0 Å². The average molecular weight is 355 g/mol. The summed E-state index contributed by atoms with van der Waals surface area (Å²) in [5.74, 6) is 1.88. The molecule has 3 unspecified atom stereocenters. The predicted octanol–water partition coefficient (Wildman–Crippen LogP) is 4.70. The van der Waals surface area contributed by atoms with Gasteiger partial charge in [-0.3, -0.25) is 0 Å². The second-order valence-electron chi connectivity index (χ2n) is 8.62. The van der Waals surface area contributed by atoms with Gasteiger partial charge >= 0.3 is 5.97 Å². The van der Waals surface area contributed by atoms with E-state index >= 15 is 0 Å². The lowest BCUT2D eigenvalue weighted by Gasteiger charge is -2.39. The van der Waals surface area contributed by atoms with E-state index in [1.165, 1.54) is 44.9 Å². The van der Waals surface area contributed by atoms with Gasteiger partial charge < -0.3 is 5.11 Å². The lowest BCUT2D eigenvalue weighted by molar-refractivity contribution is 0.0690. The smallest absolute Gasteiger partial charge is 0.356 e. The third-order valence-corrected chi connectivity index (χ3v) is 6.46. The molecule has 26 heavy (non-hydrogen) atoms. The molecule has 4 rings (SSSR count). The Balaban J connectivity index is 1.59. The zero-order valence-corrected chi connectivity index (χ0v) is 15.8. The number of carboxylic acids is 1. The minimum atomic E-state index is -0.998. The summed E-state index contributed by atoms with van der Waals surface area (Å²) in [6.45, 7) is 4.24. The molecule has 0 aliphatic heterocycles. The van der Waals surface area contributed by atoms with Gasteiger partial charge in [0.05, 0.1) is 0 Å². The largest absolute Gasteiger partial charge is 0.476 e. The van der Waals surface area contributed by atoms with Crippen molar-refractivity contribution in [2.75, 3.05) is 0 Å². The molecule has 2 saturated carbocycles. The summed E-state index contributed by atoms with van der Waals surface area (Å²) in [4.78, 5) is 16.0. The number of carboxylic acid groups (broad SMARTS) is 1. The van der Waals surface area contributed by atoms with Gasteiger partial charge in [0.2, 0.25) is 0 Å². The van der Waals surface area contributed by atoms with Crippen LogP contribution >= 0.6 is 0 Å². The maximum atomic E-state index is 11.3. The highest BCUT2D eigenvalue weighted by Gasteiger charge is 2.32. The summed E-state index contributed by atoms with van der Waals surface area (Å²) < 4.78 is 1.70. The molecular formula is C21H29N3O2. The van der Waals surface area contributed by atoms with E-state index in [-0.39, 0.29) is 11.6 Å². The van der Waals surface area contributed by atoms with Crippen LogP contribution in [0.15, 0.2) is 12.1 Å². The normalized spacial score (nSPS) is 26.2. The van der Waals surface area contributed by atoms with Crippen LogP contribution in [-0.2, 0) is 6.42 Å². The molecule has 2 aliphatic carbocycles. The van der Waals surface area contributed by atoms with Crippen molar-refractivity contribution in [1.82, 2.24) is 14.6 Å². The molecule has 0 saturated heterocycles. The molecule has 5 nitrogen and oxygen atoms in total. The topological polar surface area (TPSA) is 67.5 Å². The van der Waals surface area contributed by atoms with Crippen LogP contribution in [-0.4, -0.2) is 25.7 Å². The van der Waals surface area contributed by atoms with E-state index in [1.807, 2.05) is 0 Å². The fourth-order valence-corrected chi connectivity index (χ4v) is 5.12. The van der Waals surface area contributed by atoms with Gasteiger partial charge in [-0.2, -0.15) is 5.10 Å². The monoisotopic (exact) mass is 355 g/mol. The van der Waals surface area contributed by atoms with E-state index in [4.69, 9.17) is 4.98 Å². The second-order valence-corrected chi connectivity index (χ2v) is 8.62. The first-order valence-electron chi connectivity index (χ1n) is 10.1. The third-order valence-electron chi connectivity index (χ3n) is 6.46. The molecule has 0 spiro atoms. The lowest BCUT2D eigenvalue weighted by atomic mass is 9.67. The van der Waals surface area contributed by atoms with Crippen molar-refractivity contribution in [2.45, 2.75) is 71.1 Å². The minimum Gasteiger partial charge on any atom is -0.476 e. The Kier molecular flexibility index (Phi) is 4.72. The van der Waals surface area contributed by atoms with E-state index in [0.29, 0.717) is 11.6 Å². The lowest BCUT2D eigenvalue weighted by Crippen LogP contribution is -2.28. The Bertz CT molecular complexity index is 811. The molecule has 3 atom stereocenters. The highest BCUT2D eigenvalue weighted by Crippen LogP contribution is 2.43. The standard InChI is InChI=1S/C21H29N3O2/c1-13(2)19-11-17(22-20-12-18(21(25)26)23-24(19)20)10-14-7-8-15-5-3-4-6-16(15)9-14/h11-16H,3-10H2,1-2H3,(H,25,26). The third kappa shape index (κ3) is 3.36. The molecular weight excluding hydrogens is 326 g/mol. The van der Waals surface area contributed by atoms with Gasteiger partial charge in [0.1, 0.15) is 0 Å². The first-order chi connectivity index (χ1) is 12.5. The minimum absolute atomic E-state index is 0.0688. The van der Waals surface area contributed by atoms with Crippen LogP contribution in [0.4, 0.5) is 0 Å². The van der Waals surface area contributed by atoms with Crippen LogP contribution in [0, 0.1) is 17.8 Å². The number of nitrogens with zero attached hydrogens (tertiary/aromatic N) is 3. The molecule has 2 heterocycles. The number of aromatic nitrogens is 3. The summed E-state index contributed by atoms with van der Waals surface area (Å²) in [5, 5.41) is 13.5. The maximum Gasteiger partial charge on any atom is 0.356 e. The Morgan fingerprint density at radius 3 is 2.69 bits per heavy atom. The number of fused-ring (bicyclic) bond motifs is 2. The summed E-state index contributed by atoms with van der Waals surface area (Å²) in [6, 6.07) is 3.74. The van der Waals surface area contributed by atoms with Gasteiger partial charge in [0.15, 0.2) is 11.3 Å². The zero-order chi connectivity index (χ0) is 18.3. The van der Waals surface area contributed by atoms with E-state index < -0.39 is 5.97 Å². The van der Waals surface area contributed by atoms with Crippen LogP contribution in [0.1, 0.15) is 86.6 Å². The number of rotatable bonds is 4. The fourth-order valence-electron chi connectivity index (χ4n) is 5.12. The van der Waals surface area contributed by atoms with Crippen molar-refractivity contribution in [1.29, 1.82) is 0 Å². The zero-order valence-electron chi connectivity index (χ0n) is 15.8. The molecule has 0 amide bonds. The first-order valence-corrected chi connectivity index (χ1v) is 10.1. The summed E-state index contributed by atoms with van der Waals surface area (Å²) in [5.41, 5.74) is 2.87. The first kappa shape index (κ1) is 17.5. The molecule has 5 heteroatoms. The van der Waals surface area contributed by atoms with E-state index in [2.05, 4.69) is 25.0 Å². The molecule has 0 bridgehead atoms. The van der Waals surface area contributed by atoms with Gasteiger partial charge in [-0.1, -0.05) is 39.5 Å². The molecule has 140 valence electrons.